The first-order valence-corrected chi connectivity index (χ1v) is 14.2. The lowest BCUT2D eigenvalue weighted by Gasteiger charge is -2.28. The van der Waals surface area contributed by atoms with E-state index in [4.69, 9.17) is 30.5 Å². The first-order chi connectivity index (χ1) is 21.7. The van der Waals surface area contributed by atoms with Gasteiger partial charge in [0.2, 0.25) is 0 Å². The Bertz CT molecular complexity index is 1650. The molecule has 3 aromatic rings. The van der Waals surface area contributed by atoms with Gasteiger partial charge in [-0.3, -0.25) is 5.43 Å². The second kappa shape index (κ2) is 15.5. The van der Waals surface area contributed by atoms with Gasteiger partial charge in [-0.2, -0.15) is 10.4 Å². The number of nitrogens with one attached hydrogen (secondary N) is 3. The molecule has 4 N–H and O–H groups in total. The minimum atomic E-state index is -1.21. The number of ether oxygens (including phenoxy) is 4. The fourth-order valence-corrected chi connectivity index (χ4v) is 4.66. The molecule has 0 radical (unpaired) electrons. The van der Waals surface area contributed by atoms with Crippen molar-refractivity contribution in [3.63, 3.8) is 0 Å². The molecule has 12 nitrogen and oxygen atoms in total. The van der Waals surface area contributed by atoms with E-state index in [-0.39, 0.29) is 18.8 Å². The highest BCUT2D eigenvalue weighted by atomic mass is 35.5. The van der Waals surface area contributed by atoms with Crippen molar-refractivity contribution in [1.29, 1.82) is 5.26 Å². The van der Waals surface area contributed by atoms with Crippen molar-refractivity contribution < 1.29 is 33.6 Å². The Morgan fingerprint density at radius 1 is 1.13 bits per heavy atom. The number of nitriles is 1. The SMILES string of the molecule is CCOc1cc([C@H]2NC(=O)NC(C)=C2C(=O)OC)ccc1OC[C@@H](O)N/N=C/c1cc(Cl)ccc1OCc1ccccc1C#N. The molecule has 0 saturated carbocycles. The molecule has 4 rings (SSSR count). The average molecular weight is 634 g/mol. The average Bonchev–Trinajstić information content (AvgIpc) is 3.03. The van der Waals surface area contributed by atoms with E-state index in [1.165, 1.54) is 13.3 Å². The van der Waals surface area contributed by atoms with Crippen LogP contribution in [0.3, 0.4) is 0 Å². The number of nitrogens with zero attached hydrogens (tertiary/aromatic N) is 2. The number of esters is 1. The number of urea groups is 1. The molecule has 1 heterocycles. The van der Waals surface area contributed by atoms with E-state index in [0.29, 0.717) is 51.3 Å². The summed E-state index contributed by atoms with van der Waals surface area (Å²) in [5.74, 6) is 0.572. The van der Waals surface area contributed by atoms with Crippen LogP contribution in [0.5, 0.6) is 17.2 Å². The van der Waals surface area contributed by atoms with E-state index in [1.54, 1.807) is 62.4 Å². The second-order valence-electron chi connectivity index (χ2n) is 9.65. The number of hydrogen-bond acceptors (Lipinski definition) is 10. The van der Waals surface area contributed by atoms with Gasteiger partial charge in [-0.05, 0) is 55.8 Å². The number of allylic oxidation sites excluding steroid dienone is 1. The predicted octanol–water partition coefficient (Wildman–Crippen LogP) is 4.31. The zero-order chi connectivity index (χ0) is 32.3. The molecule has 0 bridgehead atoms. The van der Waals surface area contributed by atoms with Crippen LogP contribution >= 0.6 is 11.6 Å². The van der Waals surface area contributed by atoms with Crippen LogP contribution < -0.4 is 30.3 Å². The summed E-state index contributed by atoms with van der Waals surface area (Å²) in [5.41, 5.74) is 5.60. The lowest BCUT2D eigenvalue weighted by atomic mass is 9.95. The number of rotatable bonds is 13. The molecule has 2 atom stereocenters. The molecule has 1 aliphatic rings. The van der Waals surface area contributed by atoms with Crippen LogP contribution in [0.15, 0.2) is 77.0 Å². The van der Waals surface area contributed by atoms with Crippen LogP contribution in [0, 0.1) is 11.3 Å². The van der Waals surface area contributed by atoms with Crippen molar-refractivity contribution >= 4 is 29.8 Å². The molecule has 3 aromatic carbocycles. The van der Waals surface area contributed by atoms with Gasteiger partial charge in [0.25, 0.3) is 0 Å². The zero-order valence-corrected chi connectivity index (χ0v) is 25.6. The molecule has 0 spiro atoms. The number of aliphatic hydroxyl groups is 1. The highest BCUT2D eigenvalue weighted by molar-refractivity contribution is 6.30. The smallest absolute Gasteiger partial charge is 0.337 e. The van der Waals surface area contributed by atoms with Crippen molar-refractivity contribution in [2.75, 3.05) is 20.3 Å². The Kier molecular flexibility index (Phi) is 11.2. The second-order valence-corrected chi connectivity index (χ2v) is 10.1. The quantitative estimate of drug-likeness (QED) is 0.0929. The number of carbonyl (C=O) groups excluding carboxylic acids is 2. The molecule has 0 saturated heterocycles. The summed E-state index contributed by atoms with van der Waals surface area (Å²) in [6, 6.07) is 18.0. The summed E-state index contributed by atoms with van der Waals surface area (Å²) >= 11 is 6.18. The Balaban J connectivity index is 1.41. The predicted molar refractivity (Wildman–Crippen MR) is 166 cm³/mol. The van der Waals surface area contributed by atoms with Gasteiger partial charge in [0.1, 0.15) is 19.0 Å². The maximum absolute atomic E-state index is 12.5. The first-order valence-electron chi connectivity index (χ1n) is 13.9. The van der Waals surface area contributed by atoms with Crippen molar-refractivity contribution in [2.45, 2.75) is 32.7 Å². The van der Waals surface area contributed by atoms with Gasteiger partial charge >= 0.3 is 12.0 Å². The highest BCUT2D eigenvalue weighted by Crippen LogP contribution is 2.35. The summed E-state index contributed by atoms with van der Waals surface area (Å²) in [6.45, 7) is 3.70. The van der Waals surface area contributed by atoms with Gasteiger partial charge in [-0.15, -0.1) is 0 Å². The monoisotopic (exact) mass is 633 g/mol. The molecule has 0 fully saturated rings. The van der Waals surface area contributed by atoms with Crippen molar-refractivity contribution in [2.24, 2.45) is 5.10 Å². The van der Waals surface area contributed by atoms with E-state index in [0.717, 1.165) is 5.56 Å². The lowest BCUT2D eigenvalue weighted by Crippen LogP contribution is -2.45. The molecular formula is C32H32ClN5O7. The summed E-state index contributed by atoms with van der Waals surface area (Å²) in [6.07, 6.45) is 0.240. The van der Waals surface area contributed by atoms with Crippen molar-refractivity contribution in [1.82, 2.24) is 16.1 Å². The molecule has 0 unspecified atom stereocenters. The van der Waals surface area contributed by atoms with Gasteiger partial charge in [0, 0.05) is 21.8 Å². The van der Waals surface area contributed by atoms with Gasteiger partial charge in [-0.25, -0.2) is 9.59 Å². The minimum Gasteiger partial charge on any atom is -0.490 e. The van der Waals surface area contributed by atoms with Crippen molar-refractivity contribution in [3.8, 4) is 23.3 Å². The number of amides is 2. The van der Waals surface area contributed by atoms with Crippen LogP contribution in [0.25, 0.3) is 0 Å². The molecule has 0 aromatic heterocycles. The number of hydrazone groups is 1. The van der Waals surface area contributed by atoms with E-state index < -0.39 is 24.3 Å². The highest BCUT2D eigenvalue weighted by Gasteiger charge is 2.32. The summed E-state index contributed by atoms with van der Waals surface area (Å²) in [5, 5.41) is 29.7. The fourth-order valence-electron chi connectivity index (χ4n) is 4.48. The molecule has 45 heavy (non-hydrogen) atoms. The Labute approximate surface area is 265 Å². The van der Waals surface area contributed by atoms with Gasteiger partial charge in [-0.1, -0.05) is 35.9 Å². The van der Waals surface area contributed by atoms with Crippen LogP contribution in [0.2, 0.25) is 5.02 Å². The van der Waals surface area contributed by atoms with E-state index in [9.17, 15) is 20.0 Å². The molecule has 2 amide bonds. The van der Waals surface area contributed by atoms with Crippen LogP contribution in [-0.4, -0.2) is 49.9 Å². The number of halogens is 1. The van der Waals surface area contributed by atoms with Crippen LogP contribution in [-0.2, 0) is 16.1 Å². The third-order valence-electron chi connectivity index (χ3n) is 6.59. The summed E-state index contributed by atoms with van der Waals surface area (Å²) < 4.78 is 22.4. The largest absolute Gasteiger partial charge is 0.490 e. The topological polar surface area (TPSA) is 164 Å². The third-order valence-corrected chi connectivity index (χ3v) is 6.83. The van der Waals surface area contributed by atoms with Crippen LogP contribution in [0.1, 0.15) is 42.1 Å². The van der Waals surface area contributed by atoms with Gasteiger partial charge < -0.3 is 34.7 Å². The summed E-state index contributed by atoms with van der Waals surface area (Å²) in [7, 11) is 1.27. The Morgan fingerprint density at radius 2 is 1.91 bits per heavy atom. The van der Waals surface area contributed by atoms with Crippen LogP contribution in [0.4, 0.5) is 4.79 Å². The molecule has 1 aliphatic heterocycles. The Morgan fingerprint density at radius 3 is 2.67 bits per heavy atom. The maximum atomic E-state index is 12.5. The number of benzene rings is 3. The number of hydrogen-bond donors (Lipinski definition) is 4. The molecule has 13 heteroatoms. The Hall–Kier alpha value is -5.25. The van der Waals surface area contributed by atoms with Gasteiger partial charge in [0.15, 0.2) is 17.7 Å². The first kappa shape index (κ1) is 32.7. The number of methoxy groups -OCH3 is 1. The molecule has 0 aliphatic carbocycles. The summed E-state index contributed by atoms with van der Waals surface area (Å²) in [4.78, 5) is 24.6. The molecule has 234 valence electrons. The van der Waals surface area contributed by atoms with Gasteiger partial charge in [0.05, 0.1) is 43.2 Å². The minimum absolute atomic E-state index is 0.168. The number of carbonyl (C=O) groups is 2. The van der Waals surface area contributed by atoms with Crippen molar-refractivity contribution in [3.05, 3.63) is 99.2 Å². The molecular weight excluding hydrogens is 602 g/mol. The third kappa shape index (κ3) is 8.44. The fraction of sp³-hybridized carbons (Fsp3) is 0.250. The lowest BCUT2D eigenvalue weighted by molar-refractivity contribution is -0.136. The maximum Gasteiger partial charge on any atom is 0.337 e. The number of aliphatic hydroxyl groups excluding tert-OH is 1. The van der Waals surface area contributed by atoms with E-state index >= 15 is 0 Å². The zero-order valence-electron chi connectivity index (χ0n) is 24.8. The normalized spacial score (nSPS) is 15.0. The van der Waals surface area contributed by atoms with E-state index in [2.05, 4.69) is 27.2 Å². The van der Waals surface area contributed by atoms with E-state index in [1.807, 2.05) is 12.1 Å². The standard InChI is InChI=1S/C32H32ClN5O7/c1-4-43-27-14-20(30-29(31(40)42-3)19(2)36-32(41)37-30)9-11-26(27)45-18-28(39)38-35-16-23-13-24(33)10-12-25(23)44-17-22-8-6-5-7-21(22)15-34/h5-14,16,28,30,38-39H,4,17-18H2,1-3H3,(H2,36,37,41)/b35-16+/t28-,30-/m1/s1.